The van der Waals surface area contributed by atoms with Gasteiger partial charge in [-0.15, -0.1) is 0 Å². The fraction of sp³-hybridized carbons (Fsp3) is 1.00. The third-order valence-electron chi connectivity index (χ3n) is 5.30. The number of nitrogens with two attached hydrogens (primary N) is 1. The third-order valence-corrected chi connectivity index (χ3v) is 5.30. The van der Waals surface area contributed by atoms with E-state index in [4.69, 9.17) is 10.5 Å². The first-order valence-corrected chi connectivity index (χ1v) is 8.08. The molecule has 2 fully saturated rings. The SMILES string of the molecule is CC1(C)OC(C)(C)C(CN2CCCCC2CCO)C1N. The second kappa shape index (κ2) is 5.91. The number of hydrogen-bond donors (Lipinski definition) is 2. The Morgan fingerprint density at radius 1 is 1.20 bits per heavy atom. The zero-order valence-corrected chi connectivity index (χ0v) is 13.6. The summed E-state index contributed by atoms with van der Waals surface area (Å²) in [7, 11) is 0. The summed E-state index contributed by atoms with van der Waals surface area (Å²) in [4.78, 5) is 2.54. The first kappa shape index (κ1) is 16.2. The van der Waals surface area contributed by atoms with Crippen molar-refractivity contribution in [1.82, 2.24) is 4.90 Å². The molecule has 3 N–H and O–H groups in total. The topological polar surface area (TPSA) is 58.7 Å². The molecule has 2 saturated heterocycles. The van der Waals surface area contributed by atoms with Crippen LogP contribution in [-0.4, -0.2) is 53.0 Å². The molecular weight excluding hydrogens is 252 g/mol. The van der Waals surface area contributed by atoms with Crippen LogP contribution in [0.25, 0.3) is 0 Å². The van der Waals surface area contributed by atoms with Gasteiger partial charge >= 0.3 is 0 Å². The Labute approximate surface area is 123 Å². The summed E-state index contributed by atoms with van der Waals surface area (Å²) in [5, 5.41) is 9.26. The minimum absolute atomic E-state index is 0.0641. The van der Waals surface area contributed by atoms with Crippen LogP contribution in [0.5, 0.6) is 0 Å². The van der Waals surface area contributed by atoms with Crippen LogP contribution in [0.1, 0.15) is 53.4 Å². The van der Waals surface area contributed by atoms with Crippen molar-refractivity contribution < 1.29 is 9.84 Å². The first-order valence-electron chi connectivity index (χ1n) is 8.08. The van der Waals surface area contributed by atoms with Crippen LogP contribution in [-0.2, 0) is 4.74 Å². The van der Waals surface area contributed by atoms with E-state index in [9.17, 15) is 5.11 Å². The fourth-order valence-electron chi connectivity index (χ4n) is 4.10. The first-order chi connectivity index (χ1) is 9.28. The second-order valence-corrected chi connectivity index (χ2v) is 7.60. The highest BCUT2D eigenvalue weighted by Crippen LogP contribution is 2.42. The number of piperidine rings is 1. The van der Waals surface area contributed by atoms with Crippen LogP contribution in [0.4, 0.5) is 0 Å². The quantitative estimate of drug-likeness (QED) is 0.826. The fourth-order valence-corrected chi connectivity index (χ4v) is 4.10. The molecule has 4 nitrogen and oxygen atoms in total. The molecule has 0 spiro atoms. The molecule has 0 aromatic rings. The molecule has 20 heavy (non-hydrogen) atoms. The van der Waals surface area contributed by atoms with Gasteiger partial charge in [-0.05, 0) is 53.5 Å². The maximum absolute atomic E-state index is 9.26. The Bertz CT molecular complexity index is 328. The predicted molar refractivity (Wildman–Crippen MR) is 81.6 cm³/mol. The molecule has 0 bridgehead atoms. The third kappa shape index (κ3) is 3.19. The van der Waals surface area contributed by atoms with Gasteiger partial charge in [0.05, 0.1) is 11.2 Å². The number of aliphatic hydroxyl groups is 1. The lowest BCUT2D eigenvalue weighted by Crippen LogP contribution is -2.51. The van der Waals surface area contributed by atoms with Crippen LogP contribution in [0.15, 0.2) is 0 Å². The lowest BCUT2D eigenvalue weighted by molar-refractivity contribution is -0.0799. The number of likely N-dealkylation sites (tertiary alicyclic amines) is 1. The molecule has 3 atom stereocenters. The lowest BCUT2D eigenvalue weighted by atomic mass is 9.82. The molecule has 0 radical (unpaired) electrons. The van der Waals surface area contributed by atoms with Crippen LogP contribution < -0.4 is 5.73 Å². The molecule has 0 aromatic heterocycles. The van der Waals surface area contributed by atoms with Gasteiger partial charge < -0.3 is 15.6 Å². The maximum Gasteiger partial charge on any atom is 0.0788 e. The van der Waals surface area contributed by atoms with Crippen LogP contribution in [0.2, 0.25) is 0 Å². The number of ether oxygens (including phenoxy) is 1. The normalized spacial score (nSPS) is 37.2. The maximum atomic E-state index is 9.26. The molecule has 2 aliphatic heterocycles. The molecule has 0 aromatic carbocycles. The van der Waals surface area contributed by atoms with E-state index >= 15 is 0 Å². The van der Waals surface area contributed by atoms with Crippen molar-refractivity contribution in [2.45, 2.75) is 76.7 Å². The smallest absolute Gasteiger partial charge is 0.0788 e. The van der Waals surface area contributed by atoms with Gasteiger partial charge in [0.1, 0.15) is 0 Å². The Kier molecular flexibility index (Phi) is 4.80. The van der Waals surface area contributed by atoms with E-state index in [0.717, 1.165) is 19.5 Å². The van der Waals surface area contributed by atoms with Gasteiger partial charge in [0.2, 0.25) is 0 Å². The van der Waals surface area contributed by atoms with Gasteiger partial charge in [0.25, 0.3) is 0 Å². The molecule has 0 amide bonds. The molecular formula is C16H32N2O2. The average Bonchev–Trinajstić information content (AvgIpc) is 2.50. The van der Waals surface area contributed by atoms with E-state index in [0.29, 0.717) is 12.0 Å². The van der Waals surface area contributed by atoms with Gasteiger partial charge in [-0.2, -0.15) is 0 Å². The van der Waals surface area contributed by atoms with Crippen molar-refractivity contribution in [1.29, 1.82) is 0 Å². The van der Waals surface area contributed by atoms with E-state index in [1.165, 1.54) is 19.3 Å². The summed E-state index contributed by atoms with van der Waals surface area (Å²) in [6.45, 7) is 10.9. The van der Waals surface area contributed by atoms with Crippen molar-refractivity contribution in [3.05, 3.63) is 0 Å². The standard InChI is InChI=1S/C16H32N2O2/c1-15(2)13(14(17)16(3,4)20-15)11-18-9-6-5-7-12(18)8-10-19/h12-14,19H,5-11,17H2,1-4H3. The van der Waals surface area contributed by atoms with Gasteiger partial charge in [-0.25, -0.2) is 0 Å². The number of rotatable bonds is 4. The molecule has 2 heterocycles. The van der Waals surface area contributed by atoms with Crippen molar-refractivity contribution in [3.8, 4) is 0 Å². The van der Waals surface area contributed by atoms with Gasteiger partial charge in [0.15, 0.2) is 0 Å². The largest absolute Gasteiger partial charge is 0.396 e. The van der Waals surface area contributed by atoms with E-state index in [-0.39, 0.29) is 23.9 Å². The Morgan fingerprint density at radius 2 is 1.90 bits per heavy atom. The number of nitrogens with zero attached hydrogens (tertiary/aromatic N) is 1. The van der Waals surface area contributed by atoms with Crippen LogP contribution >= 0.6 is 0 Å². The predicted octanol–water partition coefficient (Wildman–Crippen LogP) is 1.75. The number of hydrogen-bond acceptors (Lipinski definition) is 4. The van der Waals surface area contributed by atoms with E-state index < -0.39 is 0 Å². The molecule has 2 rings (SSSR count). The summed E-state index contributed by atoms with van der Waals surface area (Å²) in [5.41, 5.74) is 6.04. The highest BCUT2D eigenvalue weighted by molar-refractivity contribution is 5.05. The Morgan fingerprint density at radius 3 is 2.45 bits per heavy atom. The van der Waals surface area contributed by atoms with Crippen LogP contribution in [0, 0.1) is 5.92 Å². The summed E-state index contributed by atoms with van der Waals surface area (Å²) >= 11 is 0. The zero-order valence-electron chi connectivity index (χ0n) is 13.6. The summed E-state index contributed by atoms with van der Waals surface area (Å²) in [6.07, 6.45) is 4.62. The lowest BCUT2D eigenvalue weighted by Gasteiger charge is -2.40. The van der Waals surface area contributed by atoms with Crippen LogP contribution in [0.3, 0.4) is 0 Å². The highest BCUT2D eigenvalue weighted by atomic mass is 16.5. The zero-order chi connectivity index (χ0) is 15.0. The van der Waals surface area contributed by atoms with E-state index in [1.807, 2.05) is 0 Å². The van der Waals surface area contributed by atoms with Gasteiger partial charge in [0, 0.05) is 31.2 Å². The van der Waals surface area contributed by atoms with E-state index in [1.54, 1.807) is 0 Å². The average molecular weight is 284 g/mol. The molecule has 4 heteroatoms. The highest BCUT2D eigenvalue weighted by Gasteiger charge is 2.52. The summed E-state index contributed by atoms with van der Waals surface area (Å²) in [5.74, 6) is 0.344. The molecule has 0 aliphatic carbocycles. The van der Waals surface area contributed by atoms with E-state index in [2.05, 4.69) is 32.6 Å². The Hall–Kier alpha value is -0.160. The van der Waals surface area contributed by atoms with Crippen molar-refractivity contribution in [3.63, 3.8) is 0 Å². The van der Waals surface area contributed by atoms with Crippen molar-refractivity contribution >= 4 is 0 Å². The molecule has 2 aliphatic rings. The number of aliphatic hydroxyl groups excluding tert-OH is 1. The molecule has 0 saturated carbocycles. The minimum atomic E-state index is -0.254. The van der Waals surface area contributed by atoms with Gasteiger partial charge in [-0.1, -0.05) is 6.42 Å². The van der Waals surface area contributed by atoms with Gasteiger partial charge in [-0.3, -0.25) is 4.90 Å². The molecule has 118 valence electrons. The molecule has 3 unspecified atom stereocenters. The monoisotopic (exact) mass is 284 g/mol. The summed E-state index contributed by atoms with van der Waals surface area (Å²) < 4.78 is 6.20. The van der Waals surface area contributed by atoms with Crippen molar-refractivity contribution in [2.24, 2.45) is 11.7 Å². The summed E-state index contributed by atoms with van der Waals surface area (Å²) in [6, 6.07) is 0.578. The van der Waals surface area contributed by atoms with Crippen molar-refractivity contribution in [2.75, 3.05) is 19.7 Å². The second-order valence-electron chi connectivity index (χ2n) is 7.60. The minimum Gasteiger partial charge on any atom is -0.396 e. The Balaban J connectivity index is 2.07.